The van der Waals surface area contributed by atoms with Crippen LogP contribution < -0.4 is 14.8 Å². The smallest absolute Gasteiger partial charge is 0.193 e. The molecule has 0 heterocycles. The summed E-state index contributed by atoms with van der Waals surface area (Å²) in [6.07, 6.45) is 0.813. The number of ether oxygens (including phenoxy) is 2. The maximum absolute atomic E-state index is 13.3. The van der Waals surface area contributed by atoms with Gasteiger partial charge in [0.05, 0.1) is 14.2 Å². The van der Waals surface area contributed by atoms with E-state index in [1.165, 1.54) is 12.1 Å². The van der Waals surface area contributed by atoms with E-state index >= 15 is 0 Å². The Balaban J connectivity index is 0.00000364. The molecule has 2 aromatic rings. The average Bonchev–Trinajstić information content (AvgIpc) is 2.65. The molecule has 0 aliphatic heterocycles. The summed E-state index contributed by atoms with van der Waals surface area (Å²) in [6, 6.07) is 12.5. The van der Waals surface area contributed by atoms with Crippen LogP contribution in [0.15, 0.2) is 47.5 Å². The standard InChI is InChI=1S/C20H26FN3O2.HI/c1-22-20(24(2)14-16-6-5-7-17(21)12-16)23-11-10-15-8-9-18(25-3)19(13-15)26-4;/h5-9,12-13H,10-11,14H2,1-4H3,(H,22,23);1H. The molecule has 0 unspecified atom stereocenters. The lowest BCUT2D eigenvalue weighted by Gasteiger charge is -2.22. The number of halogens is 2. The molecule has 0 saturated heterocycles. The Labute approximate surface area is 177 Å². The fourth-order valence-electron chi connectivity index (χ4n) is 2.72. The van der Waals surface area contributed by atoms with Gasteiger partial charge in [-0.1, -0.05) is 18.2 Å². The first kappa shape index (κ1) is 23.0. The van der Waals surface area contributed by atoms with E-state index in [0.29, 0.717) is 6.54 Å². The molecule has 0 spiro atoms. The van der Waals surface area contributed by atoms with E-state index in [1.54, 1.807) is 27.3 Å². The van der Waals surface area contributed by atoms with Crippen molar-refractivity contribution in [1.82, 2.24) is 10.2 Å². The zero-order valence-electron chi connectivity index (χ0n) is 16.2. The van der Waals surface area contributed by atoms with Crippen molar-refractivity contribution in [2.75, 3.05) is 34.9 Å². The van der Waals surface area contributed by atoms with Gasteiger partial charge in [0.2, 0.25) is 0 Å². The van der Waals surface area contributed by atoms with Gasteiger partial charge < -0.3 is 19.7 Å². The normalized spacial score (nSPS) is 10.8. The van der Waals surface area contributed by atoms with Crippen molar-refractivity contribution >= 4 is 29.9 Å². The molecule has 0 fully saturated rings. The third kappa shape index (κ3) is 6.89. The molecule has 0 aliphatic rings. The van der Waals surface area contributed by atoms with Crippen LogP contribution in [0.3, 0.4) is 0 Å². The van der Waals surface area contributed by atoms with Crippen molar-refractivity contribution in [2.24, 2.45) is 4.99 Å². The lowest BCUT2D eigenvalue weighted by molar-refractivity contribution is 0.354. The van der Waals surface area contributed by atoms with Crippen molar-refractivity contribution in [3.05, 3.63) is 59.4 Å². The lowest BCUT2D eigenvalue weighted by atomic mass is 10.1. The van der Waals surface area contributed by atoms with Crippen molar-refractivity contribution < 1.29 is 13.9 Å². The minimum Gasteiger partial charge on any atom is -0.493 e. The van der Waals surface area contributed by atoms with Crippen LogP contribution >= 0.6 is 24.0 Å². The molecule has 2 aromatic carbocycles. The Hall–Kier alpha value is -2.03. The molecule has 0 saturated carbocycles. The molecule has 0 radical (unpaired) electrons. The summed E-state index contributed by atoms with van der Waals surface area (Å²) in [4.78, 5) is 6.25. The van der Waals surface area contributed by atoms with Crippen LogP contribution in [0, 0.1) is 5.82 Å². The second kappa shape index (κ2) is 11.6. The second-order valence-corrected chi connectivity index (χ2v) is 5.90. The van der Waals surface area contributed by atoms with Crippen LogP contribution in [0.25, 0.3) is 0 Å². The summed E-state index contributed by atoms with van der Waals surface area (Å²) in [5, 5.41) is 3.33. The van der Waals surface area contributed by atoms with E-state index in [0.717, 1.165) is 41.6 Å². The highest BCUT2D eigenvalue weighted by Crippen LogP contribution is 2.27. The third-order valence-electron chi connectivity index (χ3n) is 4.03. The molecule has 27 heavy (non-hydrogen) atoms. The van der Waals surface area contributed by atoms with E-state index in [2.05, 4.69) is 10.3 Å². The van der Waals surface area contributed by atoms with E-state index in [-0.39, 0.29) is 29.8 Å². The monoisotopic (exact) mass is 487 g/mol. The van der Waals surface area contributed by atoms with Gasteiger partial charge in [0.25, 0.3) is 0 Å². The topological polar surface area (TPSA) is 46.1 Å². The predicted octanol–water partition coefficient (Wildman–Crippen LogP) is 3.71. The Kier molecular flexibility index (Phi) is 9.92. The molecule has 2 rings (SSSR count). The number of nitrogens with one attached hydrogen (secondary N) is 1. The Morgan fingerprint density at radius 2 is 1.81 bits per heavy atom. The van der Waals surface area contributed by atoms with E-state index in [4.69, 9.17) is 9.47 Å². The molecule has 0 bridgehead atoms. The van der Waals surface area contributed by atoms with Crippen LogP contribution in [0.1, 0.15) is 11.1 Å². The molecule has 0 amide bonds. The van der Waals surface area contributed by atoms with Crippen molar-refractivity contribution in [3.63, 3.8) is 0 Å². The number of rotatable bonds is 7. The summed E-state index contributed by atoms with van der Waals surface area (Å²) >= 11 is 0. The van der Waals surface area contributed by atoms with Gasteiger partial charge >= 0.3 is 0 Å². The van der Waals surface area contributed by atoms with E-state index < -0.39 is 0 Å². The molecule has 148 valence electrons. The Morgan fingerprint density at radius 3 is 2.44 bits per heavy atom. The van der Waals surface area contributed by atoms with Crippen LogP contribution in [0.5, 0.6) is 11.5 Å². The fourth-order valence-corrected chi connectivity index (χ4v) is 2.72. The van der Waals surface area contributed by atoms with E-state index in [9.17, 15) is 4.39 Å². The summed E-state index contributed by atoms with van der Waals surface area (Å²) < 4.78 is 23.9. The summed E-state index contributed by atoms with van der Waals surface area (Å²) in [6.45, 7) is 1.30. The first-order chi connectivity index (χ1) is 12.6. The number of methoxy groups -OCH3 is 2. The van der Waals surface area contributed by atoms with E-state index in [1.807, 2.05) is 36.2 Å². The van der Waals surface area contributed by atoms with Gasteiger partial charge in [-0.05, 0) is 41.8 Å². The molecule has 5 nitrogen and oxygen atoms in total. The van der Waals surface area contributed by atoms with Gasteiger partial charge in [0.15, 0.2) is 17.5 Å². The summed E-state index contributed by atoms with van der Waals surface area (Å²) in [7, 11) is 6.91. The average molecular weight is 487 g/mol. The van der Waals surface area contributed by atoms with Gasteiger partial charge in [-0.2, -0.15) is 0 Å². The minimum absolute atomic E-state index is 0. The summed E-state index contributed by atoms with van der Waals surface area (Å²) in [5.74, 6) is 1.97. The number of hydrogen-bond donors (Lipinski definition) is 1. The van der Waals surface area contributed by atoms with Gasteiger partial charge in [0.1, 0.15) is 5.82 Å². The highest BCUT2D eigenvalue weighted by atomic mass is 127. The molecule has 1 N–H and O–H groups in total. The Morgan fingerprint density at radius 1 is 1.07 bits per heavy atom. The summed E-state index contributed by atoms with van der Waals surface area (Å²) in [5.41, 5.74) is 2.04. The van der Waals surface area contributed by atoms with Gasteiger partial charge in [-0.3, -0.25) is 4.99 Å². The number of guanidine groups is 1. The van der Waals surface area contributed by atoms with Gasteiger partial charge in [-0.25, -0.2) is 4.39 Å². The van der Waals surface area contributed by atoms with Crippen LogP contribution in [-0.4, -0.2) is 45.7 Å². The zero-order chi connectivity index (χ0) is 18.9. The maximum atomic E-state index is 13.3. The van der Waals surface area contributed by atoms with Crippen LogP contribution in [0.4, 0.5) is 4.39 Å². The fraction of sp³-hybridized carbons (Fsp3) is 0.350. The highest BCUT2D eigenvalue weighted by Gasteiger charge is 2.08. The number of hydrogen-bond acceptors (Lipinski definition) is 3. The second-order valence-electron chi connectivity index (χ2n) is 5.90. The first-order valence-electron chi connectivity index (χ1n) is 8.44. The Bertz CT molecular complexity index is 756. The number of aliphatic imine (C=N–C) groups is 1. The zero-order valence-corrected chi connectivity index (χ0v) is 18.5. The quantitative estimate of drug-likeness (QED) is 0.368. The molecule has 0 aliphatic carbocycles. The molecular formula is C20H27FIN3O2. The highest BCUT2D eigenvalue weighted by molar-refractivity contribution is 14.0. The van der Waals surface area contributed by atoms with Crippen molar-refractivity contribution in [2.45, 2.75) is 13.0 Å². The number of nitrogens with zero attached hydrogens (tertiary/aromatic N) is 2. The lowest BCUT2D eigenvalue weighted by Crippen LogP contribution is -2.39. The molecule has 7 heteroatoms. The van der Waals surface area contributed by atoms with Crippen LogP contribution in [0.2, 0.25) is 0 Å². The third-order valence-corrected chi connectivity index (χ3v) is 4.03. The van der Waals surface area contributed by atoms with Crippen molar-refractivity contribution in [3.8, 4) is 11.5 Å². The molecule has 0 atom stereocenters. The molecular weight excluding hydrogens is 460 g/mol. The minimum atomic E-state index is -0.229. The van der Waals surface area contributed by atoms with Crippen molar-refractivity contribution in [1.29, 1.82) is 0 Å². The first-order valence-corrected chi connectivity index (χ1v) is 8.44. The largest absolute Gasteiger partial charge is 0.493 e. The SMILES string of the molecule is CN=C(NCCc1ccc(OC)c(OC)c1)N(C)Cc1cccc(F)c1.I. The predicted molar refractivity (Wildman–Crippen MR) is 118 cm³/mol. The van der Waals surface area contributed by atoms with Crippen LogP contribution in [-0.2, 0) is 13.0 Å². The van der Waals surface area contributed by atoms with Gasteiger partial charge in [-0.15, -0.1) is 24.0 Å². The van der Waals surface area contributed by atoms with Gasteiger partial charge in [0, 0.05) is 27.2 Å². The molecule has 0 aromatic heterocycles. The maximum Gasteiger partial charge on any atom is 0.193 e. The number of benzene rings is 2.